The molecule has 1 amide bonds. The minimum absolute atomic E-state index is 0.0126. The summed E-state index contributed by atoms with van der Waals surface area (Å²) in [7, 11) is 0. The lowest BCUT2D eigenvalue weighted by Gasteiger charge is -2.18. The zero-order valence-corrected chi connectivity index (χ0v) is 13.8. The van der Waals surface area contributed by atoms with E-state index >= 15 is 0 Å². The molecule has 0 fully saturated rings. The van der Waals surface area contributed by atoms with Crippen molar-refractivity contribution in [1.82, 2.24) is 5.32 Å². The second kappa shape index (κ2) is 6.53. The SMILES string of the molecule is C[C@@H](Oc1ccc2c(c1)CCC2)C(=O)N[C@H](C)c1cccs1. The van der Waals surface area contributed by atoms with Crippen molar-refractivity contribution < 1.29 is 9.53 Å². The smallest absolute Gasteiger partial charge is 0.261 e. The average Bonchev–Trinajstić information content (AvgIpc) is 3.18. The summed E-state index contributed by atoms with van der Waals surface area (Å²) < 4.78 is 5.81. The van der Waals surface area contributed by atoms with E-state index < -0.39 is 6.10 Å². The van der Waals surface area contributed by atoms with Crippen molar-refractivity contribution in [2.24, 2.45) is 0 Å². The monoisotopic (exact) mass is 315 g/mol. The first kappa shape index (κ1) is 15.1. The molecule has 3 nitrogen and oxygen atoms in total. The van der Waals surface area contributed by atoms with Crippen LogP contribution < -0.4 is 10.1 Å². The third-order valence-electron chi connectivity index (χ3n) is 4.08. The van der Waals surface area contributed by atoms with Crippen LogP contribution in [0.1, 0.15) is 42.3 Å². The Morgan fingerprint density at radius 3 is 2.82 bits per heavy atom. The first-order valence-electron chi connectivity index (χ1n) is 7.75. The van der Waals surface area contributed by atoms with Gasteiger partial charge in [-0.3, -0.25) is 4.79 Å². The van der Waals surface area contributed by atoms with Crippen molar-refractivity contribution in [1.29, 1.82) is 0 Å². The number of ether oxygens (including phenoxy) is 1. The highest BCUT2D eigenvalue weighted by Crippen LogP contribution is 2.26. The summed E-state index contributed by atoms with van der Waals surface area (Å²) in [6, 6.07) is 10.2. The molecule has 1 aromatic heterocycles. The fraction of sp³-hybridized carbons (Fsp3) is 0.389. The first-order chi connectivity index (χ1) is 10.6. The van der Waals surface area contributed by atoms with Crippen LogP contribution in [0.5, 0.6) is 5.75 Å². The van der Waals surface area contributed by atoms with Gasteiger partial charge in [0, 0.05) is 4.88 Å². The third kappa shape index (κ3) is 3.33. The van der Waals surface area contributed by atoms with Crippen LogP contribution >= 0.6 is 11.3 Å². The number of amides is 1. The van der Waals surface area contributed by atoms with Crippen LogP contribution in [-0.2, 0) is 17.6 Å². The first-order valence-corrected chi connectivity index (χ1v) is 8.63. The van der Waals surface area contributed by atoms with Crippen LogP contribution in [0.2, 0.25) is 0 Å². The van der Waals surface area contributed by atoms with Gasteiger partial charge in [0.25, 0.3) is 5.91 Å². The molecule has 0 saturated carbocycles. The number of fused-ring (bicyclic) bond motifs is 1. The van der Waals surface area contributed by atoms with Crippen molar-refractivity contribution >= 4 is 17.2 Å². The van der Waals surface area contributed by atoms with Crippen molar-refractivity contribution in [2.75, 3.05) is 0 Å². The van der Waals surface area contributed by atoms with Gasteiger partial charge in [-0.2, -0.15) is 0 Å². The predicted molar refractivity (Wildman–Crippen MR) is 89.4 cm³/mol. The molecule has 1 heterocycles. The number of hydrogen-bond donors (Lipinski definition) is 1. The lowest BCUT2D eigenvalue weighted by molar-refractivity contribution is -0.127. The topological polar surface area (TPSA) is 38.3 Å². The number of rotatable bonds is 5. The van der Waals surface area contributed by atoms with Crippen molar-refractivity contribution in [3.8, 4) is 5.75 Å². The average molecular weight is 315 g/mol. The Morgan fingerprint density at radius 1 is 1.23 bits per heavy atom. The number of carbonyl (C=O) groups excluding carboxylic acids is 1. The highest BCUT2D eigenvalue weighted by molar-refractivity contribution is 7.10. The van der Waals surface area contributed by atoms with Crippen molar-refractivity contribution in [3.63, 3.8) is 0 Å². The van der Waals surface area contributed by atoms with Gasteiger partial charge in [0.1, 0.15) is 5.75 Å². The number of carbonyl (C=O) groups is 1. The number of hydrogen-bond acceptors (Lipinski definition) is 3. The molecule has 2 atom stereocenters. The predicted octanol–water partition coefficient (Wildman–Crippen LogP) is 3.88. The molecule has 0 saturated heterocycles. The highest BCUT2D eigenvalue weighted by Gasteiger charge is 2.19. The third-order valence-corrected chi connectivity index (χ3v) is 5.14. The molecule has 0 unspecified atom stereocenters. The van der Waals surface area contributed by atoms with Crippen LogP contribution in [0.3, 0.4) is 0 Å². The summed E-state index contributed by atoms with van der Waals surface area (Å²) in [5, 5.41) is 5.02. The normalized spacial score (nSPS) is 15.9. The van der Waals surface area contributed by atoms with Crippen LogP contribution in [0.15, 0.2) is 35.7 Å². The molecule has 1 aliphatic carbocycles. The van der Waals surface area contributed by atoms with E-state index in [0.29, 0.717) is 0 Å². The summed E-state index contributed by atoms with van der Waals surface area (Å²) in [5.41, 5.74) is 2.77. The zero-order chi connectivity index (χ0) is 15.5. The molecule has 22 heavy (non-hydrogen) atoms. The summed E-state index contributed by atoms with van der Waals surface area (Å²) in [6.07, 6.45) is 2.99. The summed E-state index contributed by atoms with van der Waals surface area (Å²) in [5.74, 6) is 0.702. The summed E-state index contributed by atoms with van der Waals surface area (Å²) >= 11 is 1.65. The number of nitrogens with one attached hydrogen (secondary N) is 1. The maximum atomic E-state index is 12.3. The molecule has 1 N–H and O–H groups in total. The van der Waals surface area contributed by atoms with E-state index in [1.807, 2.05) is 30.5 Å². The Labute approximate surface area is 135 Å². The lowest BCUT2D eigenvalue weighted by atomic mass is 10.1. The molecule has 116 valence electrons. The second-order valence-corrected chi connectivity index (χ2v) is 6.77. The number of aryl methyl sites for hydroxylation is 2. The van der Waals surface area contributed by atoms with Gasteiger partial charge in [-0.25, -0.2) is 0 Å². The largest absolute Gasteiger partial charge is 0.481 e. The second-order valence-electron chi connectivity index (χ2n) is 5.79. The molecule has 3 rings (SSSR count). The Morgan fingerprint density at radius 2 is 2.05 bits per heavy atom. The Bertz CT molecular complexity index is 651. The van der Waals surface area contributed by atoms with E-state index in [1.54, 1.807) is 18.3 Å². The Balaban J connectivity index is 1.59. The lowest BCUT2D eigenvalue weighted by Crippen LogP contribution is -2.37. The quantitative estimate of drug-likeness (QED) is 0.909. The molecular formula is C18H21NO2S. The van der Waals surface area contributed by atoms with Gasteiger partial charge in [0.2, 0.25) is 0 Å². The Hall–Kier alpha value is -1.81. The van der Waals surface area contributed by atoms with Gasteiger partial charge in [-0.1, -0.05) is 12.1 Å². The maximum absolute atomic E-state index is 12.3. The van der Waals surface area contributed by atoms with Crippen LogP contribution in [0.4, 0.5) is 0 Å². The number of benzene rings is 1. The van der Waals surface area contributed by atoms with E-state index in [0.717, 1.165) is 23.5 Å². The maximum Gasteiger partial charge on any atom is 0.261 e. The Kier molecular flexibility index (Phi) is 4.48. The van der Waals surface area contributed by atoms with E-state index in [1.165, 1.54) is 17.5 Å². The standard InChI is InChI=1S/C18H21NO2S/c1-12(17-7-4-10-22-17)19-18(20)13(2)21-16-9-8-14-5-3-6-15(14)11-16/h4,7-13H,3,5-6H2,1-2H3,(H,19,20)/t12-,13-/m1/s1. The van der Waals surface area contributed by atoms with Gasteiger partial charge < -0.3 is 10.1 Å². The molecule has 2 aromatic rings. The van der Waals surface area contributed by atoms with Gasteiger partial charge >= 0.3 is 0 Å². The number of thiophene rings is 1. The molecule has 0 spiro atoms. The van der Waals surface area contributed by atoms with E-state index in [-0.39, 0.29) is 11.9 Å². The molecule has 1 aromatic carbocycles. The van der Waals surface area contributed by atoms with Gasteiger partial charge in [0.05, 0.1) is 6.04 Å². The molecule has 4 heteroatoms. The minimum Gasteiger partial charge on any atom is -0.481 e. The fourth-order valence-corrected chi connectivity index (χ4v) is 3.55. The van der Waals surface area contributed by atoms with Crippen LogP contribution in [-0.4, -0.2) is 12.0 Å². The van der Waals surface area contributed by atoms with Gasteiger partial charge in [0.15, 0.2) is 6.10 Å². The van der Waals surface area contributed by atoms with Crippen molar-refractivity contribution in [3.05, 3.63) is 51.7 Å². The molecule has 1 aliphatic rings. The van der Waals surface area contributed by atoms with E-state index in [2.05, 4.69) is 17.4 Å². The molecule has 0 radical (unpaired) electrons. The zero-order valence-electron chi connectivity index (χ0n) is 13.0. The van der Waals surface area contributed by atoms with Crippen LogP contribution in [0.25, 0.3) is 0 Å². The van der Waals surface area contributed by atoms with E-state index in [9.17, 15) is 4.79 Å². The van der Waals surface area contributed by atoms with Gasteiger partial charge in [-0.05, 0) is 67.8 Å². The summed E-state index contributed by atoms with van der Waals surface area (Å²) in [4.78, 5) is 13.4. The minimum atomic E-state index is -0.498. The molecule has 0 aliphatic heterocycles. The highest BCUT2D eigenvalue weighted by atomic mass is 32.1. The molecular weight excluding hydrogens is 294 g/mol. The van der Waals surface area contributed by atoms with E-state index in [4.69, 9.17) is 4.74 Å². The van der Waals surface area contributed by atoms with Crippen molar-refractivity contribution in [2.45, 2.75) is 45.3 Å². The van der Waals surface area contributed by atoms with Gasteiger partial charge in [-0.15, -0.1) is 11.3 Å². The van der Waals surface area contributed by atoms with Crippen LogP contribution in [0, 0.1) is 0 Å². The molecule has 0 bridgehead atoms. The fourth-order valence-electron chi connectivity index (χ4n) is 2.82. The summed E-state index contributed by atoms with van der Waals surface area (Å²) in [6.45, 7) is 3.79.